The van der Waals surface area contributed by atoms with Crippen molar-refractivity contribution < 1.29 is 13.9 Å². The fraction of sp³-hybridized carbons (Fsp3) is 0.278. The number of hydrogen-bond acceptors (Lipinski definition) is 5. The van der Waals surface area contributed by atoms with Gasteiger partial charge in [0.05, 0.1) is 33.4 Å². The lowest BCUT2D eigenvalue weighted by Gasteiger charge is -2.22. The van der Waals surface area contributed by atoms with E-state index in [0.29, 0.717) is 13.1 Å². The van der Waals surface area contributed by atoms with Crippen molar-refractivity contribution in [3.8, 4) is 11.5 Å². The van der Waals surface area contributed by atoms with Crippen LogP contribution in [0.4, 0.5) is 0 Å². The van der Waals surface area contributed by atoms with Crippen molar-refractivity contribution >= 4 is 0 Å². The zero-order chi connectivity index (χ0) is 16.8. The molecule has 1 aromatic carbocycles. The van der Waals surface area contributed by atoms with Crippen LogP contribution in [0, 0.1) is 0 Å². The lowest BCUT2D eigenvalue weighted by atomic mass is 10.1. The largest absolute Gasteiger partial charge is 0.497 e. The lowest BCUT2D eigenvalue weighted by Crippen LogP contribution is -2.22. The fourth-order valence-electron chi connectivity index (χ4n) is 2.63. The molecule has 6 heteroatoms. The third-order valence-corrected chi connectivity index (χ3v) is 3.80. The number of rotatable bonds is 8. The van der Waals surface area contributed by atoms with Gasteiger partial charge in [0.15, 0.2) is 0 Å². The summed E-state index contributed by atoms with van der Waals surface area (Å²) in [6.07, 6.45) is 5.21. The molecule has 1 N–H and O–H groups in total. The molecule has 24 heavy (non-hydrogen) atoms. The van der Waals surface area contributed by atoms with Crippen LogP contribution in [0.2, 0.25) is 0 Å². The summed E-state index contributed by atoms with van der Waals surface area (Å²) >= 11 is 0. The maximum absolute atomic E-state index is 5.51. The van der Waals surface area contributed by atoms with Gasteiger partial charge in [0.1, 0.15) is 17.3 Å². The van der Waals surface area contributed by atoms with Gasteiger partial charge in [-0.2, -0.15) is 0 Å². The van der Waals surface area contributed by atoms with Gasteiger partial charge in [-0.1, -0.05) is 6.07 Å². The maximum atomic E-state index is 5.51. The Kier molecular flexibility index (Phi) is 5.18. The predicted octanol–water partition coefficient (Wildman–Crippen LogP) is 3.22. The zero-order valence-corrected chi connectivity index (χ0v) is 13.9. The summed E-state index contributed by atoms with van der Waals surface area (Å²) in [6, 6.07) is 9.75. The Hall–Kier alpha value is -2.73. The Balaban J connectivity index is 1.80. The molecule has 3 aromatic rings. The van der Waals surface area contributed by atoms with Crippen LogP contribution < -0.4 is 9.47 Å². The molecule has 2 aromatic heterocycles. The van der Waals surface area contributed by atoms with Crippen molar-refractivity contribution in [3.63, 3.8) is 0 Å². The first-order valence-corrected chi connectivity index (χ1v) is 7.71. The van der Waals surface area contributed by atoms with Crippen LogP contribution in [0.5, 0.6) is 11.5 Å². The average Bonchev–Trinajstić information content (AvgIpc) is 3.29. The summed E-state index contributed by atoms with van der Waals surface area (Å²) in [6.45, 7) is 2.14. The second-order valence-corrected chi connectivity index (χ2v) is 5.48. The van der Waals surface area contributed by atoms with E-state index >= 15 is 0 Å². The molecule has 0 unspecified atom stereocenters. The van der Waals surface area contributed by atoms with Crippen LogP contribution in [-0.4, -0.2) is 29.1 Å². The molecule has 2 heterocycles. The van der Waals surface area contributed by atoms with Gasteiger partial charge in [-0.05, 0) is 18.2 Å². The van der Waals surface area contributed by atoms with Crippen LogP contribution in [-0.2, 0) is 19.6 Å². The molecule has 0 bridgehead atoms. The van der Waals surface area contributed by atoms with Crippen LogP contribution in [0.25, 0.3) is 0 Å². The minimum absolute atomic E-state index is 0.696. The number of nitrogens with zero attached hydrogens (tertiary/aromatic N) is 2. The predicted molar refractivity (Wildman–Crippen MR) is 89.8 cm³/mol. The summed E-state index contributed by atoms with van der Waals surface area (Å²) in [5.74, 6) is 2.51. The Bertz CT molecular complexity index is 703. The van der Waals surface area contributed by atoms with Crippen molar-refractivity contribution in [3.05, 3.63) is 66.1 Å². The SMILES string of the molecule is COc1ccc(CN(Cc2cnc[nH]2)Cc2ccco2)c(OC)c1. The number of aromatic amines is 1. The molecule has 0 fully saturated rings. The quantitative estimate of drug-likeness (QED) is 0.688. The zero-order valence-electron chi connectivity index (χ0n) is 13.9. The minimum atomic E-state index is 0.696. The number of ether oxygens (including phenoxy) is 2. The highest BCUT2D eigenvalue weighted by molar-refractivity contribution is 5.40. The third kappa shape index (κ3) is 3.97. The Morgan fingerprint density at radius 2 is 2.04 bits per heavy atom. The van der Waals surface area contributed by atoms with Crippen LogP contribution in [0.1, 0.15) is 17.0 Å². The normalized spacial score (nSPS) is 11.0. The van der Waals surface area contributed by atoms with Crippen LogP contribution in [0.3, 0.4) is 0 Å². The monoisotopic (exact) mass is 327 g/mol. The number of imidazole rings is 1. The highest BCUT2D eigenvalue weighted by atomic mass is 16.5. The molecule has 0 spiro atoms. The van der Waals surface area contributed by atoms with Crippen molar-refractivity contribution in [2.24, 2.45) is 0 Å². The first kappa shape index (κ1) is 16.1. The molecule has 0 saturated carbocycles. The molecule has 0 aliphatic rings. The first-order valence-electron chi connectivity index (χ1n) is 7.71. The topological polar surface area (TPSA) is 63.5 Å². The van der Waals surface area contributed by atoms with E-state index in [-0.39, 0.29) is 0 Å². The number of hydrogen-bond donors (Lipinski definition) is 1. The number of nitrogens with one attached hydrogen (secondary N) is 1. The number of H-pyrrole nitrogens is 1. The summed E-state index contributed by atoms with van der Waals surface area (Å²) in [4.78, 5) is 9.49. The van der Waals surface area contributed by atoms with E-state index in [1.807, 2.05) is 36.5 Å². The highest BCUT2D eigenvalue weighted by Gasteiger charge is 2.14. The molecular weight excluding hydrogens is 306 g/mol. The van der Waals surface area contributed by atoms with E-state index in [1.165, 1.54) is 0 Å². The molecular formula is C18H21N3O3. The smallest absolute Gasteiger partial charge is 0.127 e. The van der Waals surface area contributed by atoms with Gasteiger partial charge in [0, 0.05) is 36.6 Å². The van der Waals surface area contributed by atoms with Crippen molar-refractivity contribution in [1.82, 2.24) is 14.9 Å². The van der Waals surface area contributed by atoms with E-state index in [2.05, 4.69) is 14.9 Å². The molecule has 0 saturated heterocycles. The first-order chi connectivity index (χ1) is 11.8. The molecule has 3 rings (SSSR count). The average molecular weight is 327 g/mol. The van der Waals surface area contributed by atoms with E-state index in [4.69, 9.17) is 13.9 Å². The molecule has 0 atom stereocenters. The minimum Gasteiger partial charge on any atom is -0.497 e. The van der Waals surface area contributed by atoms with E-state index < -0.39 is 0 Å². The van der Waals surface area contributed by atoms with Crippen LogP contribution >= 0.6 is 0 Å². The second-order valence-electron chi connectivity index (χ2n) is 5.48. The molecule has 6 nitrogen and oxygen atoms in total. The maximum Gasteiger partial charge on any atom is 0.127 e. The molecule has 0 aliphatic carbocycles. The number of furan rings is 1. The summed E-state index contributed by atoms with van der Waals surface area (Å²) in [5, 5.41) is 0. The molecule has 126 valence electrons. The van der Waals surface area contributed by atoms with E-state index in [1.54, 1.807) is 26.8 Å². The fourth-order valence-corrected chi connectivity index (χ4v) is 2.63. The van der Waals surface area contributed by atoms with Gasteiger partial charge >= 0.3 is 0 Å². The van der Waals surface area contributed by atoms with Gasteiger partial charge in [0.25, 0.3) is 0 Å². The molecule has 0 amide bonds. The number of benzene rings is 1. The van der Waals surface area contributed by atoms with Gasteiger partial charge in [0.2, 0.25) is 0 Å². The Labute approximate surface area is 141 Å². The van der Waals surface area contributed by atoms with Gasteiger partial charge in [-0.3, -0.25) is 4.90 Å². The Morgan fingerprint density at radius 3 is 2.71 bits per heavy atom. The molecule has 0 radical (unpaired) electrons. The highest BCUT2D eigenvalue weighted by Crippen LogP contribution is 2.26. The molecule has 0 aliphatic heterocycles. The summed E-state index contributed by atoms with van der Waals surface area (Å²) in [7, 11) is 3.32. The lowest BCUT2D eigenvalue weighted by molar-refractivity contribution is 0.221. The standard InChI is InChI=1S/C18H21N3O3/c1-22-16-6-5-14(18(8-16)23-2)10-21(11-15-9-19-13-20-15)12-17-4-3-7-24-17/h3-9,13H,10-12H2,1-2H3,(H,19,20). The summed E-state index contributed by atoms with van der Waals surface area (Å²) < 4.78 is 16.3. The van der Waals surface area contributed by atoms with E-state index in [9.17, 15) is 0 Å². The van der Waals surface area contributed by atoms with Gasteiger partial charge in [-0.15, -0.1) is 0 Å². The summed E-state index contributed by atoms with van der Waals surface area (Å²) in [5.41, 5.74) is 2.14. The van der Waals surface area contributed by atoms with Crippen LogP contribution in [0.15, 0.2) is 53.5 Å². The van der Waals surface area contributed by atoms with E-state index in [0.717, 1.165) is 35.1 Å². The van der Waals surface area contributed by atoms with Gasteiger partial charge in [-0.25, -0.2) is 4.98 Å². The van der Waals surface area contributed by atoms with Crippen molar-refractivity contribution in [1.29, 1.82) is 0 Å². The van der Waals surface area contributed by atoms with Crippen molar-refractivity contribution in [2.45, 2.75) is 19.6 Å². The number of aromatic nitrogens is 2. The number of methoxy groups -OCH3 is 2. The Morgan fingerprint density at radius 1 is 1.12 bits per heavy atom. The third-order valence-electron chi connectivity index (χ3n) is 3.80. The van der Waals surface area contributed by atoms with Gasteiger partial charge < -0.3 is 18.9 Å². The van der Waals surface area contributed by atoms with Crippen molar-refractivity contribution in [2.75, 3.05) is 14.2 Å². The second kappa shape index (κ2) is 7.70.